The molecule has 0 unspecified atom stereocenters. The lowest BCUT2D eigenvalue weighted by Gasteiger charge is -2.22. The molecule has 0 aromatic heterocycles. The summed E-state index contributed by atoms with van der Waals surface area (Å²) in [5.41, 5.74) is 0.805. The number of ether oxygens (including phenoxy) is 1. The Balaban J connectivity index is 1.74. The van der Waals surface area contributed by atoms with Crippen molar-refractivity contribution in [3.8, 4) is 6.07 Å². The molecule has 142 valence electrons. The summed E-state index contributed by atoms with van der Waals surface area (Å²) >= 11 is 0. The third-order valence-electron chi connectivity index (χ3n) is 4.47. The lowest BCUT2D eigenvalue weighted by atomic mass is 10.1. The van der Waals surface area contributed by atoms with E-state index in [-0.39, 0.29) is 17.7 Å². The van der Waals surface area contributed by atoms with E-state index in [0.29, 0.717) is 24.8 Å². The molecule has 0 bridgehead atoms. The SMILES string of the molecule is N#Cc1ccc(C(=O)O[C@H]2CCCCN(C(=O)c3ccc(F)cc3)C2=O)cc1. The molecule has 2 aromatic carbocycles. The Labute approximate surface area is 161 Å². The molecule has 1 heterocycles. The Hall–Kier alpha value is -3.53. The molecule has 0 N–H and O–H groups in total. The van der Waals surface area contributed by atoms with E-state index in [2.05, 4.69) is 0 Å². The molecular formula is C21H17FN2O4. The van der Waals surface area contributed by atoms with Crippen LogP contribution in [-0.2, 0) is 9.53 Å². The second-order valence-corrected chi connectivity index (χ2v) is 6.38. The molecule has 0 aliphatic carbocycles. The van der Waals surface area contributed by atoms with Crippen LogP contribution in [-0.4, -0.2) is 35.3 Å². The molecule has 1 saturated heterocycles. The predicted molar refractivity (Wildman–Crippen MR) is 96.7 cm³/mol. The summed E-state index contributed by atoms with van der Waals surface area (Å²) in [7, 11) is 0. The number of rotatable bonds is 3. The number of imide groups is 1. The molecule has 2 aromatic rings. The molecule has 0 saturated carbocycles. The predicted octanol–water partition coefficient (Wildman–Crippen LogP) is 3.08. The molecule has 0 radical (unpaired) electrons. The summed E-state index contributed by atoms with van der Waals surface area (Å²) in [5, 5.41) is 8.82. The molecule has 7 heteroatoms. The van der Waals surface area contributed by atoms with Crippen molar-refractivity contribution in [2.75, 3.05) is 6.54 Å². The maximum Gasteiger partial charge on any atom is 0.338 e. The average molecular weight is 380 g/mol. The molecule has 6 nitrogen and oxygen atoms in total. The Bertz CT molecular complexity index is 932. The highest BCUT2D eigenvalue weighted by Gasteiger charge is 2.34. The van der Waals surface area contributed by atoms with E-state index < -0.39 is 29.7 Å². The molecule has 1 aliphatic rings. The zero-order valence-electron chi connectivity index (χ0n) is 14.9. The van der Waals surface area contributed by atoms with Gasteiger partial charge in [0.15, 0.2) is 6.10 Å². The summed E-state index contributed by atoms with van der Waals surface area (Å²) in [5.74, 6) is -2.31. The van der Waals surface area contributed by atoms with Crippen LogP contribution < -0.4 is 0 Å². The zero-order chi connectivity index (χ0) is 20.1. The fraction of sp³-hybridized carbons (Fsp3) is 0.238. The summed E-state index contributed by atoms with van der Waals surface area (Å²) in [6.45, 7) is 0.208. The largest absolute Gasteiger partial charge is 0.449 e. The summed E-state index contributed by atoms with van der Waals surface area (Å²) in [6, 6.07) is 12.7. The van der Waals surface area contributed by atoms with E-state index in [4.69, 9.17) is 10.00 Å². The summed E-state index contributed by atoms with van der Waals surface area (Å²) in [6.07, 6.45) is 0.442. The van der Waals surface area contributed by atoms with Crippen molar-refractivity contribution in [2.24, 2.45) is 0 Å². The van der Waals surface area contributed by atoms with Gasteiger partial charge in [-0.1, -0.05) is 0 Å². The molecule has 3 rings (SSSR count). The smallest absolute Gasteiger partial charge is 0.338 e. The first-order chi connectivity index (χ1) is 13.5. The number of hydrogen-bond acceptors (Lipinski definition) is 5. The summed E-state index contributed by atoms with van der Waals surface area (Å²) < 4.78 is 18.4. The standard InChI is InChI=1S/C21H17FN2O4/c22-17-10-8-15(9-11-17)19(25)24-12-2-1-3-18(20(24)26)28-21(27)16-6-4-14(13-23)5-7-16/h4-11,18H,1-3,12H2/t18-/m0/s1. The third kappa shape index (κ3) is 4.23. The number of halogens is 1. The fourth-order valence-electron chi connectivity index (χ4n) is 2.94. The molecule has 28 heavy (non-hydrogen) atoms. The van der Waals surface area contributed by atoms with Gasteiger partial charge < -0.3 is 4.74 Å². The fourth-order valence-corrected chi connectivity index (χ4v) is 2.94. The minimum Gasteiger partial charge on any atom is -0.449 e. The summed E-state index contributed by atoms with van der Waals surface area (Å²) in [4.78, 5) is 38.9. The van der Waals surface area contributed by atoms with Gasteiger partial charge >= 0.3 is 5.97 Å². The topological polar surface area (TPSA) is 87.5 Å². The van der Waals surface area contributed by atoms with Crippen LogP contribution in [0.4, 0.5) is 4.39 Å². The van der Waals surface area contributed by atoms with Crippen molar-refractivity contribution < 1.29 is 23.5 Å². The number of likely N-dealkylation sites (tertiary alicyclic amines) is 1. The highest BCUT2D eigenvalue weighted by atomic mass is 19.1. The van der Waals surface area contributed by atoms with Gasteiger partial charge in [-0.25, -0.2) is 9.18 Å². The second-order valence-electron chi connectivity index (χ2n) is 6.38. The number of carbonyl (C=O) groups is 3. The van der Waals surface area contributed by atoms with Gasteiger partial charge in [0.1, 0.15) is 5.82 Å². The highest BCUT2D eigenvalue weighted by molar-refractivity contribution is 6.06. The Kier molecular flexibility index (Phi) is 5.80. The number of nitrogens with zero attached hydrogens (tertiary/aromatic N) is 2. The normalized spacial score (nSPS) is 16.8. The number of carbonyl (C=O) groups excluding carboxylic acids is 3. The van der Waals surface area contributed by atoms with E-state index in [1.54, 1.807) is 0 Å². The number of amides is 2. The lowest BCUT2D eigenvalue weighted by Crippen LogP contribution is -2.43. The lowest BCUT2D eigenvalue weighted by molar-refractivity contribution is -0.137. The van der Waals surface area contributed by atoms with Crippen molar-refractivity contribution in [1.82, 2.24) is 4.90 Å². The van der Waals surface area contributed by atoms with Crippen molar-refractivity contribution in [1.29, 1.82) is 5.26 Å². The molecular weight excluding hydrogens is 363 g/mol. The van der Waals surface area contributed by atoms with Crippen LogP contribution in [0, 0.1) is 17.1 Å². The first-order valence-corrected chi connectivity index (χ1v) is 8.82. The van der Waals surface area contributed by atoms with Crippen LogP contribution in [0.25, 0.3) is 0 Å². The number of hydrogen-bond donors (Lipinski definition) is 0. The number of esters is 1. The van der Waals surface area contributed by atoms with Crippen LogP contribution in [0.2, 0.25) is 0 Å². The van der Waals surface area contributed by atoms with Crippen LogP contribution in [0.1, 0.15) is 45.5 Å². The monoisotopic (exact) mass is 380 g/mol. The first-order valence-electron chi connectivity index (χ1n) is 8.82. The van der Waals surface area contributed by atoms with Crippen LogP contribution in [0.15, 0.2) is 48.5 Å². The maximum atomic E-state index is 13.1. The zero-order valence-corrected chi connectivity index (χ0v) is 14.9. The van der Waals surface area contributed by atoms with Crippen molar-refractivity contribution in [3.05, 3.63) is 71.0 Å². The number of nitriles is 1. The maximum absolute atomic E-state index is 13.1. The van der Waals surface area contributed by atoms with Gasteiger partial charge in [-0.15, -0.1) is 0 Å². The number of benzene rings is 2. The second kappa shape index (κ2) is 8.44. The first kappa shape index (κ1) is 19.2. The van der Waals surface area contributed by atoms with Gasteiger partial charge in [0.25, 0.3) is 11.8 Å². The minimum absolute atomic E-state index is 0.189. The van der Waals surface area contributed by atoms with Gasteiger partial charge in [0.2, 0.25) is 0 Å². The van der Waals surface area contributed by atoms with Gasteiger partial charge in [-0.3, -0.25) is 14.5 Å². The van der Waals surface area contributed by atoms with Crippen LogP contribution in [0.5, 0.6) is 0 Å². The Morgan fingerprint density at radius 3 is 2.32 bits per heavy atom. The van der Waals surface area contributed by atoms with E-state index in [1.807, 2.05) is 6.07 Å². The third-order valence-corrected chi connectivity index (χ3v) is 4.47. The minimum atomic E-state index is -1.07. The van der Waals surface area contributed by atoms with Crippen molar-refractivity contribution in [3.63, 3.8) is 0 Å². The average Bonchev–Trinajstić information content (AvgIpc) is 2.90. The van der Waals surface area contributed by atoms with E-state index in [1.165, 1.54) is 36.4 Å². The molecule has 2 amide bonds. The van der Waals surface area contributed by atoms with Gasteiger partial charge in [0, 0.05) is 12.1 Å². The molecule has 1 fully saturated rings. The molecule has 0 spiro atoms. The van der Waals surface area contributed by atoms with Crippen LogP contribution >= 0.6 is 0 Å². The van der Waals surface area contributed by atoms with Gasteiger partial charge in [-0.05, 0) is 67.8 Å². The van der Waals surface area contributed by atoms with Crippen LogP contribution in [0.3, 0.4) is 0 Å². The highest BCUT2D eigenvalue weighted by Crippen LogP contribution is 2.19. The quantitative estimate of drug-likeness (QED) is 0.603. The van der Waals surface area contributed by atoms with Gasteiger partial charge in [0.05, 0.1) is 17.2 Å². The Morgan fingerprint density at radius 1 is 1.04 bits per heavy atom. The van der Waals surface area contributed by atoms with Crippen molar-refractivity contribution in [2.45, 2.75) is 25.4 Å². The molecule has 1 atom stereocenters. The van der Waals surface area contributed by atoms with E-state index in [0.717, 1.165) is 17.0 Å². The Morgan fingerprint density at radius 2 is 1.68 bits per heavy atom. The van der Waals surface area contributed by atoms with E-state index >= 15 is 0 Å². The van der Waals surface area contributed by atoms with E-state index in [9.17, 15) is 18.8 Å². The van der Waals surface area contributed by atoms with Crippen molar-refractivity contribution >= 4 is 17.8 Å². The van der Waals surface area contributed by atoms with Gasteiger partial charge in [-0.2, -0.15) is 5.26 Å². The molecule has 1 aliphatic heterocycles.